The number of aryl methyl sites for hydroxylation is 1. The van der Waals surface area contributed by atoms with Crippen molar-refractivity contribution in [1.29, 1.82) is 0 Å². The molecule has 1 aliphatic carbocycles. The summed E-state index contributed by atoms with van der Waals surface area (Å²) in [6, 6.07) is 10.8. The van der Waals surface area contributed by atoms with E-state index < -0.39 is 0 Å². The first-order valence-electron chi connectivity index (χ1n) is 10.3. The minimum atomic E-state index is 0.116. The molecule has 4 rings (SSSR count). The third-order valence-corrected chi connectivity index (χ3v) is 7.06. The molecule has 1 amide bonds. The molecule has 1 fully saturated rings. The van der Waals surface area contributed by atoms with E-state index in [1.54, 1.807) is 11.3 Å². The monoisotopic (exact) mass is 384 g/mol. The van der Waals surface area contributed by atoms with Crippen molar-refractivity contribution >= 4 is 22.4 Å². The molecule has 1 aliphatic heterocycles. The molecule has 1 aromatic heterocycles. The highest BCUT2D eigenvalue weighted by Crippen LogP contribution is 2.31. The van der Waals surface area contributed by atoms with Crippen molar-refractivity contribution in [2.75, 3.05) is 25.0 Å². The van der Waals surface area contributed by atoms with Gasteiger partial charge < -0.3 is 4.90 Å². The van der Waals surface area contributed by atoms with Crippen LogP contribution in [-0.4, -0.2) is 30.5 Å². The number of aromatic nitrogens is 1. The minimum absolute atomic E-state index is 0.116. The maximum atomic E-state index is 12.5. The molecular weight excluding hydrogens is 354 g/mol. The van der Waals surface area contributed by atoms with Crippen LogP contribution in [0.4, 0.5) is 5.13 Å². The van der Waals surface area contributed by atoms with E-state index >= 15 is 0 Å². The zero-order valence-corrected chi connectivity index (χ0v) is 17.0. The van der Waals surface area contributed by atoms with Gasteiger partial charge in [-0.2, -0.15) is 0 Å². The quantitative estimate of drug-likeness (QED) is 0.833. The van der Waals surface area contributed by atoms with E-state index in [-0.39, 0.29) is 5.91 Å². The first kappa shape index (κ1) is 18.6. The predicted octanol–water partition coefficient (Wildman–Crippen LogP) is 2.74. The predicted molar refractivity (Wildman–Crippen MR) is 110 cm³/mol. The van der Waals surface area contributed by atoms with Crippen LogP contribution in [0.1, 0.15) is 42.3 Å². The standard InChI is InChI=1S/C22H29N3OS/c1-16-7-8-19-20(13-16)27-22(23-19)24-21(26)15-25-11-9-18(10-12-25)14-17-5-3-2-4-6-17/h2-6,16,18H,7-15H2,1H3,(H,23,24,26)/p+1/t16-/m0/s1. The average Bonchev–Trinajstić information content (AvgIpc) is 3.05. The van der Waals surface area contributed by atoms with Gasteiger partial charge in [0.2, 0.25) is 0 Å². The Labute approximate surface area is 166 Å². The summed E-state index contributed by atoms with van der Waals surface area (Å²) in [7, 11) is 0. The van der Waals surface area contributed by atoms with E-state index in [2.05, 4.69) is 47.6 Å². The zero-order valence-electron chi connectivity index (χ0n) is 16.2. The van der Waals surface area contributed by atoms with Crippen LogP contribution in [0, 0.1) is 11.8 Å². The third-order valence-electron chi connectivity index (χ3n) is 6.02. The first-order valence-corrected chi connectivity index (χ1v) is 11.1. The number of piperidine rings is 1. The van der Waals surface area contributed by atoms with Crippen LogP contribution in [0.5, 0.6) is 0 Å². The van der Waals surface area contributed by atoms with Crippen LogP contribution in [-0.2, 0) is 24.1 Å². The summed E-state index contributed by atoms with van der Waals surface area (Å²) in [6.07, 6.45) is 6.98. The number of carbonyl (C=O) groups is 1. The summed E-state index contributed by atoms with van der Waals surface area (Å²) in [5, 5.41) is 3.86. The smallest absolute Gasteiger partial charge is 0.281 e. The van der Waals surface area contributed by atoms with Gasteiger partial charge in [-0.1, -0.05) is 37.3 Å². The Morgan fingerprint density at radius 2 is 2.00 bits per heavy atom. The molecule has 2 N–H and O–H groups in total. The second-order valence-electron chi connectivity index (χ2n) is 8.34. The topological polar surface area (TPSA) is 46.4 Å². The number of carbonyl (C=O) groups excluding carboxylic acids is 1. The van der Waals surface area contributed by atoms with Gasteiger partial charge in [0, 0.05) is 4.88 Å². The Morgan fingerprint density at radius 1 is 1.22 bits per heavy atom. The number of rotatable bonds is 5. The molecular formula is C22H30N3OS+. The molecule has 0 radical (unpaired) electrons. The maximum absolute atomic E-state index is 12.5. The normalized spacial score (nSPS) is 25.0. The average molecular weight is 385 g/mol. The summed E-state index contributed by atoms with van der Waals surface area (Å²) in [5.41, 5.74) is 2.65. The Kier molecular flexibility index (Phi) is 5.89. The maximum Gasteiger partial charge on any atom is 0.281 e. The number of fused-ring (bicyclic) bond motifs is 1. The summed E-state index contributed by atoms with van der Waals surface area (Å²) in [4.78, 5) is 19.9. The molecule has 2 heterocycles. The molecule has 0 bridgehead atoms. The largest absolute Gasteiger partial charge is 0.327 e. The Morgan fingerprint density at radius 3 is 2.78 bits per heavy atom. The lowest BCUT2D eigenvalue weighted by Gasteiger charge is -2.28. The zero-order chi connectivity index (χ0) is 18.6. The van der Waals surface area contributed by atoms with Gasteiger partial charge in [-0.15, -0.1) is 11.3 Å². The summed E-state index contributed by atoms with van der Waals surface area (Å²) in [5.74, 6) is 1.61. The van der Waals surface area contributed by atoms with Crippen LogP contribution in [0.15, 0.2) is 30.3 Å². The number of quaternary nitrogens is 1. The second-order valence-corrected chi connectivity index (χ2v) is 9.43. The van der Waals surface area contributed by atoms with Gasteiger partial charge in [-0.05, 0) is 55.9 Å². The van der Waals surface area contributed by atoms with Crippen molar-refractivity contribution < 1.29 is 9.69 Å². The molecule has 5 heteroatoms. The number of hydrogen-bond acceptors (Lipinski definition) is 3. The van der Waals surface area contributed by atoms with Crippen LogP contribution in [0.3, 0.4) is 0 Å². The molecule has 2 aliphatic rings. The molecule has 4 nitrogen and oxygen atoms in total. The van der Waals surface area contributed by atoms with Crippen molar-refractivity contribution in [2.24, 2.45) is 11.8 Å². The van der Waals surface area contributed by atoms with Crippen LogP contribution < -0.4 is 10.2 Å². The number of nitrogens with one attached hydrogen (secondary N) is 2. The molecule has 144 valence electrons. The highest BCUT2D eigenvalue weighted by Gasteiger charge is 2.25. The summed E-state index contributed by atoms with van der Waals surface area (Å²) < 4.78 is 0. The molecule has 0 unspecified atom stereocenters. The van der Waals surface area contributed by atoms with Gasteiger partial charge in [-0.25, -0.2) is 4.98 Å². The molecule has 0 saturated carbocycles. The highest BCUT2D eigenvalue weighted by molar-refractivity contribution is 7.15. The Bertz CT molecular complexity index is 765. The van der Waals surface area contributed by atoms with E-state index in [9.17, 15) is 4.79 Å². The third kappa shape index (κ3) is 4.96. The lowest BCUT2D eigenvalue weighted by molar-refractivity contribution is -0.898. The fourth-order valence-corrected chi connectivity index (χ4v) is 5.59. The number of benzene rings is 1. The van der Waals surface area contributed by atoms with Gasteiger partial charge >= 0.3 is 0 Å². The molecule has 27 heavy (non-hydrogen) atoms. The van der Waals surface area contributed by atoms with Crippen molar-refractivity contribution in [3.63, 3.8) is 0 Å². The van der Waals surface area contributed by atoms with E-state index in [0.29, 0.717) is 6.54 Å². The number of anilines is 1. The summed E-state index contributed by atoms with van der Waals surface area (Å²) >= 11 is 1.68. The van der Waals surface area contributed by atoms with E-state index in [4.69, 9.17) is 0 Å². The highest BCUT2D eigenvalue weighted by atomic mass is 32.1. The van der Waals surface area contributed by atoms with Gasteiger partial charge in [0.15, 0.2) is 11.7 Å². The second kappa shape index (κ2) is 8.53. The number of likely N-dealkylation sites (tertiary alicyclic amines) is 1. The first-order chi connectivity index (χ1) is 13.2. The fraction of sp³-hybridized carbons (Fsp3) is 0.545. The van der Waals surface area contributed by atoms with Gasteiger partial charge in [-0.3, -0.25) is 10.1 Å². The number of amides is 1. The van der Waals surface area contributed by atoms with E-state index in [1.807, 2.05) is 0 Å². The Hall–Kier alpha value is -1.72. The number of hydrogen-bond donors (Lipinski definition) is 2. The van der Waals surface area contributed by atoms with Crippen LogP contribution in [0.25, 0.3) is 0 Å². The van der Waals surface area contributed by atoms with Crippen LogP contribution in [0.2, 0.25) is 0 Å². The lowest BCUT2D eigenvalue weighted by atomic mass is 9.90. The van der Waals surface area contributed by atoms with E-state index in [0.717, 1.165) is 42.9 Å². The molecule has 2 aromatic rings. The van der Waals surface area contributed by atoms with Crippen molar-refractivity contribution in [1.82, 2.24) is 4.98 Å². The Balaban J connectivity index is 1.23. The fourth-order valence-electron chi connectivity index (χ4n) is 4.40. The number of thiazole rings is 1. The summed E-state index contributed by atoms with van der Waals surface area (Å²) in [6.45, 7) is 5.05. The van der Waals surface area contributed by atoms with Crippen molar-refractivity contribution in [3.8, 4) is 0 Å². The molecule has 1 atom stereocenters. The van der Waals surface area contributed by atoms with Crippen LogP contribution >= 0.6 is 11.3 Å². The molecule has 0 spiro atoms. The molecule has 1 saturated heterocycles. The van der Waals surface area contributed by atoms with Gasteiger partial charge in [0.05, 0.1) is 18.8 Å². The number of nitrogens with zero attached hydrogens (tertiary/aromatic N) is 1. The lowest BCUT2D eigenvalue weighted by Crippen LogP contribution is -3.14. The minimum Gasteiger partial charge on any atom is -0.327 e. The van der Waals surface area contributed by atoms with Crippen molar-refractivity contribution in [3.05, 3.63) is 46.5 Å². The van der Waals surface area contributed by atoms with E-state index in [1.165, 1.54) is 46.7 Å². The SMILES string of the molecule is C[C@H]1CCc2nc(NC(=O)C[NH+]3CCC(Cc4ccccc4)CC3)sc2C1. The van der Waals surface area contributed by atoms with Crippen molar-refractivity contribution in [2.45, 2.75) is 45.4 Å². The van der Waals surface area contributed by atoms with Gasteiger partial charge in [0.1, 0.15) is 0 Å². The van der Waals surface area contributed by atoms with Gasteiger partial charge in [0.25, 0.3) is 5.91 Å². The molecule has 1 aromatic carbocycles.